The Morgan fingerprint density at radius 1 is 1.06 bits per heavy atom. The van der Waals surface area contributed by atoms with Crippen LogP contribution < -0.4 is 10.6 Å². The van der Waals surface area contributed by atoms with Gasteiger partial charge in [-0.3, -0.25) is 19.8 Å². The predicted molar refractivity (Wildman–Crippen MR) is 127 cm³/mol. The molecule has 0 aromatic heterocycles. The van der Waals surface area contributed by atoms with Crippen LogP contribution in [0.2, 0.25) is 0 Å². The Labute approximate surface area is 189 Å². The number of piperazine rings is 1. The Hall–Kier alpha value is -2.97. The normalized spacial score (nSPS) is 15.0. The second kappa shape index (κ2) is 11.6. The Kier molecular flexibility index (Phi) is 8.58. The number of amides is 1. The maximum Gasteiger partial charge on any atom is 0.293 e. The first kappa shape index (κ1) is 23.7. The summed E-state index contributed by atoms with van der Waals surface area (Å²) in [6.07, 6.45) is 0.894. The molecule has 2 N–H and O–H groups in total. The van der Waals surface area contributed by atoms with Gasteiger partial charge in [0.15, 0.2) is 0 Å². The number of hydrogen-bond acceptors (Lipinski definition) is 6. The molecule has 1 saturated heterocycles. The van der Waals surface area contributed by atoms with Gasteiger partial charge in [0.05, 0.1) is 4.92 Å². The van der Waals surface area contributed by atoms with Crippen molar-refractivity contribution in [1.29, 1.82) is 0 Å². The highest BCUT2D eigenvalue weighted by molar-refractivity contribution is 5.95. The van der Waals surface area contributed by atoms with Crippen molar-refractivity contribution in [2.75, 3.05) is 44.6 Å². The number of nitrogens with one attached hydrogen (secondary N) is 2. The van der Waals surface area contributed by atoms with Gasteiger partial charge in [-0.25, -0.2) is 0 Å². The molecule has 8 nitrogen and oxygen atoms in total. The van der Waals surface area contributed by atoms with Crippen LogP contribution in [0.5, 0.6) is 0 Å². The average molecular weight is 440 g/mol. The minimum atomic E-state index is -0.444. The van der Waals surface area contributed by atoms with Crippen LogP contribution in [-0.2, 0) is 6.54 Å². The van der Waals surface area contributed by atoms with Crippen molar-refractivity contribution in [2.24, 2.45) is 0 Å². The van der Waals surface area contributed by atoms with Crippen LogP contribution in [-0.4, -0.2) is 65.9 Å². The Balaban J connectivity index is 1.42. The third kappa shape index (κ3) is 7.03. The zero-order valence-corrected chi connectivity index (χ0v) is 18.9. The first-order valence-electron chi connectivity index (χ1n) is 11.2. The van der Waals surface area contributed by atoms with Crippen molar-refractivity contribution < 1.29 is 9.72 Å². The summed E-state index contributed by atoms with van der Waals surface area (Å²) in [7, 11) is 0. The molecule has 0 saturated carbocycles. The quantitative estimate of drug-likeness (QED) is 0.335. The van der Waals surface area contributed by atoms with Crippen LogP contribution in [0.1, 0.15) is 36.2 Å². The van der Waals surface area contributed by atoms with Crippen LogP contribution in [0.4, 0.5) is 11.4 Å². The zero-order valence-electron chi connectivity index (χ0n) is 18.9. The molecule has 1 heterocycles. The lowest BCUT2D eigenvalue weighted by Crippen LogP contribution is -2.46. The first-order chi connectivity index (χ1) is 15.4. The number of nitrogens with zero attached hydrogens (tertiary/aromatic N) is 3. The topological polar surface area (TPSA) is 90.8 Å². The largest absolute Gasteiger partial charge is 0.379 e. The van der Waals surface area contributed by atoms with Gasteiger partial charge in [-0.1, -0.05) is 30.3 Å². The third-order valence-electron chi connectivity index (χ3n) is 5.56. The van der Waals surface area contributed by atoms with Gasteiger partial charge in [0.2, 0.25) is 0 Å². The molecule has 0 unspecified atom stereocenters. The van der Waals surface area contributed by atoms with E-state index in [-0.39, 0.29) is 17.6 Å². The van der Waals surface area contributed by atoms with E-state index in [1.54, 1.807) is 12.1 Å². The van der Waals surface area contributed by atoms with Crippen LogP contribution in [0, 0.1) is 10.1 Å². The molecule has 0 bridgehead atoms. The number of nitro groups is 1. The highest BCUT2D eigenvalue weighted by Gasteiger charge is 2.19. The Morgan fingerprint density at radius 3 is 2.41 bits per heavy atom. The van der Waals surface area contributed by atoms with Crippen LogP contribution in [0.3, 0.4) is 0 Å². The average Bonchev–Trinajstić information content (AvgIpc) is 2.78. The van der Waals surface area contributed by atoms with E-state index in [2.05, 4.69) is 44.7 Å². The van der Waals surface area contributed by atoms with Gasteiger partial charge in [-0.05, 0) is 44.5 Å². The molecular formula is C24H33N5O3. The number of rotatable bonds is 10. The van der Waals surface area contributed by atoms with E-state index in [1.165, 1.54) is 11.6 Å². The van der Waals surface area contributed by atoms with Gasteiger partial charge in [0, 0.05) is 56.9 Å². The van der Waals surface area contributed by atoms with Gasteiger partial charge in [-0.2, -0.15) is 0 Å². The fraction of sp³-hybridized carbons (Fsp3) is 0.458. The summed E-state index contributed by atoms with van der Waals surface area (Å²) < 4.78 is 0. The SMILES string of the molecule is CC(C)NC(=O)c1ccc(NCCCN2CCN(Cc3ccccc3)CC2)c([N+](=O)[O-])c1. The minimum Gasteiger partial charge on any atom is -0.379 e. The van der Waals surface area contributed by atoms with E-state index in [1.807, 2.05) is 19.9 Å². The van der Waals surface area contributed by atoms with Crippen LogP contribution in [0.15, 0.2) is 48.5 Å². The third-order valence-corrected chi connectivity index (χ3v) is 5.56. The van der Waals surface area contributed by atoms with Gasteiger partial charge < -0.3 is 15.5 Å². The molecule has 0 spiro atoms. The highest BCUT2D eigenvalue weighted by Crippen LogP contribution is 2.25. The lowest BCUT2D eigenvalue weighted by atomic mass is 10.1. The molecule has 1 aliphatic heterocycles. The molecule has 1 aliphatic rings. The highest BCUT2D eigenvalue weighted by atomic mass is 16.6. The van der Waals surface area contributed by atoms with Crippen molar-refractivity contribution in [3.63, 3.8) is 0 Å². The van der Waals surface area contributed by atoms with E-state index in [0.29, 0.717) is 17.8 Å². The summed E-state index contributed by atoms with van der Waals surface area (Å²) in [6.45, 7) is 10.5. The molecule has 32 heavy (non-hydrogen) atoms. The van der Waals surface area contributed by atoms with Gasteiger partial charge in [0.1, 0.15) is 5.69 Å². The van der Waals surface area contributed by atoms with E-state index in [0.717, 1.165) is 45.7 Å². The molecule has 0 atom stereocenters. The Morgan fingerprint density at radius 2 is 1.75 bits per heavy atom. The summed E-state index contributed by atoms with van der Waals surface area (Å²) in [5.74, 6) is -0.305. The molecule has 172 valence electrons. The van der Waals surface area contributed by atoms with E-state index in [9.17, 15) is 14.9 Å². The number of anilines is 1. The van der Waals surface area contributed by atoms with Crippen LogP contribution >= 0.6 is 0 Å². The fourth-order valence-corrected chi connectivity index (χ4v) is 3.86. The molecule has 1 fully saturated rings. The maximum atomic E-state index is 12.1. The Bertz CT molecular complexity index is 896. The number of carbonyl (C=O) groups excluding carboxylic acids is 1. The predicted octanol–water partition coefficient (Wildman–Crippen LogP) is 3.35. The molecule has 1 amide bonds. The summed E-state index contributed by atoms with van der Waals surface area (Å²) >= 11 is 0. The summed E-state index contributed by atoms with van der Waals surface area (Å²) in [6, 6.07) is 15.1. The number of benzene rings is 2. The number of hydrogen-bond donors (Lipinski definition) is 2. The smallest absolute Gasteiger partial charge is 0.293 e. The fourth-order valence-electron chi connectivity index (χ4n) is 3.86. The zero-order chi connectivity index (χ0) is 22.9. The first-order valence-corrected chi connectivity index (χ1v) is 11.2. The van der Waals surface area contributed by atoms with Crippen LogP contribution in [0.25, 0.3) is 0 Å². The molecule has 0 aliphatic carbocycles. The van der Waals surface area contributed by atoms with Gasteiger partial charge >= 0.3 is 0 Å². The van der Waals surface area contributed by atoms with Crippen molar-refractivity contribution in [1.82, 2.24) is 15.1 Å². The molecule has 3 rings (SSSR count). The van der Waals surface area contributed by atoms with E-state index >= 15 is 0 Å². The van der Waals surface area contributed by atoms with E-state index < -0.39 is 4.92 Å². The molecule has 2 aromatic rings. The standard InChI is InChI=1S/C24H33N5O3/c1-19(2)26-24(30)21-9-10-22(23(17-21)29(31)32)25-11-6-12-27-13-15-28(16-14-27)18-20-7-4-3-5-8-20/h3-5,7-10,17,19,25H,6,11-16,18H2,1-2H3,(H,26,30). The summed E-state index contributed by atoms with van der Waals surface area (Å²) in [5, 5.41) is 17.4. The monoisotopic (exact) mass is 439 g/mol. The summed E-state index contributed by atoms with van der Waals surface area (Å²) in [4.78, 5) is 28.1. The molecular weight excluding hydrogens is 406 g/mol. The maximum absolute atomic E-state index is 12.1. The number of carbonyl (C=O) groups is 1. The molecule has 2 aromatic carbocycles. The minimum absolute atomic E-state index is 0.0282. The van der Waals surface area contributed by atoms with E-state index in [4.69, 9.17) is 0 Å². The lowest BCUT2D eigenvalue weighted by Gasteiger charge is -2.34. The summed E-state index contributed by atoms with van der Waals surface area (Å²) in [5.41, 5.74) is 2.02. The molecule has 0 radical (unpaired) electrons. The number of nitro benzene ring substituents is 1. The van der Waals surface area contributed by atoms with Gasteiger partial charge in [-0.15, -0.1) is 0 Å². The lowest BCUT2D eigenvalue weighted by molar-refractivity contribution is -0.384. The van der Waals surface area contributed by atoms with Crippen molar-refractivity contribution in [3.8, 4) is 0 Å². The van der Waals surface area contributed by atoms with Crippen molar-refractivity contribution in [2.45, 2.75) is 32.9 Å². The second-order valence-corrected chi connectivity index (χ2v) is 8.50. The van der Waals surface area contributed by atoms with Crippen molar-refractivity contribution in [3.05, 3.63) is 69.8 Å². The second-order valence-electron chi connectivity index (χ2n) is 8.50. The molecule has 8 heteroatoms. The van der Waals surface area contributed by atoms with Gasteiger partial charge in [0.25, 0.3) is 11.6 Å². The van der Waals surface area contributed by atoms with Crippen molar-refractivity contribution >= 4 is 17.3 Å².